The van der Waals surface area contributed by atoms with E-state index >= 15 is 0 Å². The lowest BCUT2D eigenvalue weighted by molar-refractivity contribution is 0.0719. The van der Waals surface area contributed by atoms with Crippen molar-refractivity contribution < 1.29 is 4.74 Å². The van der Waals surface area contributed by atoms with E-state index in [1.807, 2.05) is 0 Å². The topological polar surface area (TPSA) is 12.5 Å². The van der Waals surface area contributed by atoms with E-state index < -0.39 is 0 Å². The predicted octanol–water partition coefficient (Wildman–Crippen LogP) is 4.24. The molecule has 2 nitrogen and oxygen atoms in total. The second-order valence-electron chi connectivity index (χ2n) is 6.01. The molecule has 1 fully saturated rings. The Labute approximate surface area is 114 Å². The minimum absolute atomic E-state index is 0.416. The zero-order valence-electron chi connectivity index (χ0n) is 12.8. The van der Waals surface area contributed by atoms with Gasteiger partial charge in [-0.2, -0.15) is 0 Å². The van der Waals surface area contributed by atoms with Gasteiger partial charge in [0.1, 0.15) is 0 Å². The van der Waals surface area contributed by atoms with E-state index in [1.165, 1.54) is 57.9 Å². The maximum absolute atomic E-state index is 5.61. The van der Waals surface area contributed by atoms with E-state index in [4.69, 9.17) is 4.74 Å². The lowest BCUT2D eigenvalue weighted by Crippen LogP contribution is -2.47. The van der Waals surface area contributed by atoms with Crippen molar-refractivity contribution in [2.24, 2.45) is 0 Å². The van der Waals surface area contributed by atoms with Crippen LogP contribution in [0.2, 0.25) is 0 Å². The molecule has 0 N–H and O–H groups in total. The number of ether oxygens (including phenoxy) is 1. The highest BCUT2D eigenvalue weighted by molar-refractivity contribution is 4.87. The van der Waals surface area contributed by atoms with Crippen molar-refractivity contribution in [3.05, 3.63) is 0 Å². The molecular formula is C16H33NO. The molecule has 0 radical (unpaired) electrons. The zero-order chi connectivity index (χ0) is 13.3. The Morgan fingerprint density at radius 1 is 0.944 bits per heavy atom. The van der Waals surface area contributed by atoms with E-state index in [-0.39, 0.29) is 0 Å². The van der Waals surface area contributed by atoms with Crippen molar-refractivity contribution in [2.75, 3.05) is 26.3 Å². The van der Waals surface area contributed by atoms with Gasteiger partial charge in [0.05, 0.1) is 6.61 Å². The third kappa shape index (κ3) is 5.27. The molecule has 1 aliphatic heterocycles. The molecule has 0 bridgehead atoms. The Morgan fingerprint density at radius 2 is 1.67 bits per heavy atom. The summed E-state index contributed by atoms with van der Waals surface area (Å²) >= 11 is 0. The highest BCUT2D eigenvalue weighted by Gasteiger charge is 2.30. The van der Waals surface area contributed by atoms with E-state index in [1.54, 1.807) is 0 Å². The van der Waals surface area contributed by atoms with Gasteiger partial charge < -0.3 is 4.74 Å². The Morgan fingerprint density at radius 3 is 2.39 bits per heavy atom. The molecule has 1 atom stereocenters. The predicted molar refractivity (Wildman–Crippen MR) is 79.1 cm³/mol. The second kappa shape index (κ2) is 8.92. The van der Waals surface area contributed by atoms with Crippen LogP contribution < -0.4 is 0 Å². The van der Waals surface area contributed by atoms with Gasteiger partial charge in [-0.1, -0.05) is 46.0 Å². The molecule has 2 heteroatoms. The Kier molecular flexibility index (Phi) is 7.92. The summed E-state index contributed by atoms with van der Waals surface area (Å²) in [7, 11) is 0. The fourth-order valence-electron chi connectivity index (χ4n) is 3.04. The second-order valence-corrected chi connectivity index (χ2v) is 6.01. The van der Waals surface area contributed by atoms with Crippen LogP contribution in [-0.4, -0.2) is 36.7 Å². The van der Waals surface area contributed by atoms with Gasteiger partial charge in [0.25, 0.3) is 0 Å². The van der Waals surface area contributed by atoms with Crippen LogP contribution in [0.3, 0.4) is 0 Å². The SMILES string of the molecule is CCCCCC(C)(CCCC)N1CCCOCC1. The fourth-order valence-corrected chi connectivity index (χ4v) is 3.04. The first kappa shape index (κ1) is 16.0. The summed E-state index contributed by atoms with van der Waals surface area (Å²) in [6, 6.07) is 0. The molecule has 1 saturated heterocycles. The van der Waals surface area contributed by atoms with Gasteiger partial charge in [0.15, 0.2) is 0 Å². The summed E-state index contributed by atoms with van der Waals surface area (Å²) in [4.78, 5) is 2.71. The van der Waals surface area contributed by atoms with Gasteiger partial charge >= 0.3 is 0 Å². The number of rotatable bonds is 8. The van der Waals surface area contributed by atoms with Crippen LogP contribution in [0.15, 0.2) is 0 Å². The summed E-state index contributed by atoms with van der Waals surface area (Å²) in [5.41, 5.74) is 0.416. The van der Waals surface area contributed by atoms with E-state index in [0.717, 1.165) is 19.8 Å². The molecule has 1 aliphatic rings. The maximum atomic E-state index is 5.61. The van der Waals surface area contributed by atoms with Crippen LogP contribution in [-0.2, 0) is 4.74 Å². The van der Waals surface area contributed by atoms with Crippen molar-refractivity contribution in [3.63, 3.8) is 0 Å². The van der Waals surface area contributed by atoms with Gasteiger partial charge in [-0.05, 0) is 26.2 Å². The molecule has 0 saturated carbocycles. The van der Waals surface area contributed by atoms with Gasteiger partial charge in [-0.25, -0.2) is 0 Å². The Hall–Kier alpha value is -0.0800. The van der Waals surface area contributed by atoms with Gasteiger partial charge in [-0.15, -0.1) is 0 Å². The number of hydrogen-bond acceptors (Lipinski definition) is 2. The molecular weight excluding hydrogens is 222 g/mol. The minimum atomic E-state index is 0.416. The van der Waals surface area contributed by atoms with Crippen molar-refractivity contribution in [1.82, 2.24) is 4.90 Å². The van der Waals surface area contributed by atoms with E-state index in [0.29, 0.717) is 5.54 Å². The smallest absolute Gasteiger partial charge is 0.0593 e. The summed E-state index contributed by atoms with van der Waals surface area (Å²) in [6.07, 6.45) is 10.7. The summed E-state index contributed by atoms with van der Waals surface area (Å²) < 4.78 is 5.61. The summed E-state index contributed by atoms with van der Waals surface area (Å²) in [6.45, 7) is 11.3. The molecule has 0 aliphatic carbocycles. The van der Waals surface area contributed by atoms with Crippen LogP contribution in [0.4, 0.5) is 0 Å². The average Bonchev–Trinajstić information content (AvgIpc) is 2.66. The first-order valence-corrected chi connectivity index (χ1v) is 8.05. The van der Waals surface area contributed by atoms with Crippen LogP contribution in [0.5, 0.6) is 0 Å². The molecule has 0 amide bonds. The van der Waals surface area contributed by atoms with E-state index in [9.17, 15) is 0 Å². The summed E-state index contributed by atoms with van der Waals surface area (Å²) in [5, 5.41) is 0. The highest BCUT2D eigenvalue weighted by Crippen LogP contribution is 2.29. The minimum Gasteiger partial charge on any atom is -0.380 e. The molecule has 0 spiro atoms. The van der Waals surface area contributed by atoms with Crippen molar-refractivity contribution in [3.8, 4) is 0 Å². The molecule has 0 aromatic rings. The maximum Gasteiger partial charge on any atom is 0.0593 e. The van der Waals surface area contributed by atoms with E-state index in [2.05, 4.69) is 25.7 Å². The van der Waals surface area contributed by atoms with Crippen molar-refractivity contribution in [1.29, 1.82) is 0 Å². The molecule has 1 heterocycles. The lowest BCUT2D eigenvalue weighted by atomic mass is 9.86. The van der Waals surface area contributed by atoms with Gasteiger partial charge in [-0.3, -0.25) is 4.90 Å². The first-order valence-electron chi connectivity index (χ1n) is 8.05. The Bertz CT molecular complexity index is 199. The first-order chi connectivity index (χ1) is 8.73. The standard InChI is InChI=1S/C16H33NO/c1-4-6-8-11-16(3,10-7-5-2)17-12-9-14-18-15-13-17/h4-15H2,1-3H3. The van der Waals surface area contributed by atoms with Crippen molar-refractivity contribution >= 4 is 0 Å². The molecule has 0 aromatic heterocycles. The monoisotopic (exact) mass is 255 g/mol. The van der Waals surface area contributed by atoms with Crippen LogP contribution >= 0.6 is 0 Å². The van der Waals surface area contributed by atoms with Crippen LogP contribution in [0.1, 0.15) is 72.1 Å². The average molecular weight is 255 g/mol. The van der Waals surface area contributed by atoms with Crippen LogP contribution in [0, 0.1) is 0 Å². The number of nitrogens with zero attached hydrogens (tertiary/aromatic N) is 1. The lowest BCUT2D eigenvalue weighted by Gasteiger charge is -2.41. The van der Waals surface area contributed by atoms with Gasteiger partial charge in [0, 0.05) is 25.2 Å². The molecule has 1 rings (SSSR count). The number of unbranched alkanes of at least 4 members (excludes halogenated alkanes) is 3. The number of hydrogen-bond donors (Lipinski definition) is 0. The molecule has 1 unspecified atom stereocenters. The highest BCUT2D eigenvalue weighted by atomic mass is 16.5. The van der Waals surface area contributed by atoms with Crippen molar-refractivity contribution in [2.45, 2.75) is 77.7 Å². The quantitative estimate of drug-likeness (QED) is 0.602. The van der Waals surface area contributed by atoms with Crippen LogP contribution in [0.25, 0.3) is 0 Å². The Balaban J connectivity index is 2.54. The van der Waals surface area contributed by atoms with Gasteiger partial charge in [0.2, 0.25) is 0 Å². The largest absolute Gasteiger partial charge is 0.380 e. The molecule has 0 aromatic carbocycles. The third-order valence-corrected chi connectivity index (χ3v) is 4.37. The molecule has 108 valence electrons. The third-order valence-electron chi connectivity index (χ3n) is 4.37. The normalized spacial score (nSPS) is 21.5. The fraction of sp³-hybridized carbons (Fsp3) is 1.00. The molecule has 18 heavy (non-hydrogen) atoms. The summed E-state index contributed by atoms with van der Waals surface area (Å²) in [5.74, 6) is 0. The zero-order valence-corrected chi connectivity index (χ0v) is 12.8.